The molecule has 0 unspecified atom stereocenters. The summed E-state index contributed by atoms with van der Waals surface area (Å²) in [5.74, 6) is -1.10. The molecule has 0 spiro atoms. The Hall–Kier alpha value is -2.08. The van der Waals surface area contributed by atoms with Crippen molar-refractivity contribution >= 4 is 23.4 Å². The van der Waals surface area contributed by atoms with Crippen LogP contribution in [0.15, 0.2) is 47.4 Å². The summed E-state index contributed by atoms with van der Waals surface area (Å²) in [4.78, 5) is 13.0. The summed E-state index contributed by atoms with van der Waals surface area (Å²) in [5.41, 5.74) is -0.0337. The van der Waals surface area contributed by atoms with Gasteiger partial charge in [0.05, 0.1) is 18.0 Å². The molecule has 6 heteroatoms. The highest BCUT2D eigenvalue weighted by Gasteiger charge is 2.16. The number of halogens is 2. The Balaban J connectivity index is 1.99. The van der Waals surface area contributed by atoms with Gasteiger partial charge in [0, 0.05) is 11.0 Å². The largest absolute Gasteiger partial charge is 0.497 e. The van der Waals surface area contributed by atoms with Gasteiger partial charge in [-0.25, -0.2) is 8.78 Å². The van der Waals surface area contributed by atoms with E-state index in [1.807, 2.05) is 12.1 Å². The van der Waals surface area contributed by atoms with E-state index in [1.54, 1.807) is 26.2 Å². The molecule has 0 aliphatic carbocycles. The van der Waals surface area contributed by atoms with Gasteiger partial charge in [-0.2, -0.15) is 0 Å². The predicted octanol–water partition coefficient (Wildman–Crippen LogP) is 4.09. The Morgan fingerprint density at radius 2 is 1.86 bits per heavy atom. The van der Waals surface area contributed by atoms with Crippen LogP contribution in [0, 0.1) is 11.6 Å². The van der Waals surface area contributed by atoms with Crippen molar-refractivity contribution in [1.29, 1.82) is 0 Å². The van der Waals surface area contributed by atoms with Crippen LogP contribution >= 0.6 is 11.8 Å². The second-order valence-electron chi connectivity index (χ2n) is 4.55. The number of nitrogens with one attached hydrogen (secondary N) is 1. The van der Waals surface area contributed by atoms with Crippen molar-refractivity contribution in [2.45, 2.75) is 17.1 Å². The number of carbonyl (C=O) groups is 1. The van der Waals surface area contributed by atoms with Crippen LogP contribution in [-0.2, 0) is 4.79 Å². The molecule has 0 heterocycles. The molecule has 116 valence electrons. The monoisotopic (exact) mass is 323 g/mol. The van der Waals surface area contributed by atoms with E-state index in [9.17, 15) is 13.6 Å². The Bertz CT molecular complexity index is 662. The third-order valence-corrected chi connectivity index (χ3v) is 4.04. The van der Waals surface area contributed by atoms with E-state index in [0.29, 0.717) is 0 Å². The van der Waals surface area contributed by atoms with Crippen molar-refractivity contribution in [3.63, 3.8) is 0 Å². The lowest BCUT2D eigenvalue weighted by Gasteiger charge is -2.12. The first-order valence-corrected chi connectivity index (χ1v) is 7.44. The zero-order valence-corrected chi connectivity index (χ0v) is 12.9. The van der Waals surface area contributed by atoms with E-state index in [-0.39, 0.29) is 11.6 Å². The number of hydrogen-bond acceptors (Lipinski definition) is 3. The highest BCUT2D eigenvalue weighted by Crippen LogP contribution is 2.26. The Kier molecular flexibility index (Phi) is 5.38. The zero-order chi connectivity index (χ0) is 16.1. The summed E-state index contributed by atoms with van der Waals surface area (Å²) in [6, 6.07) is 10.3. The lowest BCUT2D eigenvalue weighted by molar-refractivity contribution is -0.115. The van der Waals surface area contributed by atoms with Crippen molar-refractivity contribution in [2.24, 2.45) is 0 Å². The molecule has 1 N–H and O–H groups in total. The predicted molar refractivity (Wildman–Crippen MR) is 83.3 cm³/mol. The van der Waals surface area contributed by atoms with Gasteiger partial charge in [-0.1, -0.05) is 0 Å². The third kappa shape index (κ3) is 4.21. The van der Waals surface area contributed by atoms with Crippen LogP contribution in [0.3, 0.4) is 0 Å². The zero-order valence-electron chi connectivity index (χ0n) is 12.1. The summed E-state index contributed by atoms with van der Waals surface area (Å²) in [7, 11) is 1.58. The first-order valence-electron chi connectivity index (χ1n) is 6.56. The minimum atomic E-state index is -0.796. The van der Waals surface area contributed by atoms with Gasteiger partial charge in [0.25, 0.3) is 0 Å². The molecule has 0 radical (unpaired) electrons. The first-order chi connectivity index (χ1) is 10.5. The molecule has 2 rings (SSSR count). The van der Waals surface area contributed by atoms with Crippen molar-refractivity contribution < 1.29 is 18.3 Å². The highest BCUT2D eigenvalue weighted by molar-refractivity contribution is 8.00. The van der Waals surface area contributed by atoms with Crippen molar-refractivity contribution in [1.82, 2.24) is 0 Å². The van der Waals surface area contributed by atoms with Gasteiger partial charge in [0.2, 0.25) is 5.91 Å². The summed E-state index contributed by atoms with van der Waals surface area (Å²) in [6.07, 6.45) is 0. The molecule has 1 amide bonds. The molecule has 22 heavy (non-hydrogen) atoms. The molecule has 3 nitrogen and oxygen atoms in total. The van der Waals surface area contributed by atoms with Gasteiger partial charge in [0.15, 0.2) is 0 Å². The Morgan fingerprint density at radius 1 is 1.18 bits per heavy atom. The minimum Gasteiger partial charge on any atom is -0.497 e. The fourth-order valence-corrected chi connectivity index (χ4v) is 2.60. The van der Waals surface area contributed by atoms with Gasteiger partial charge in [-0.15, -0.1) is 11.8 Å². The molecule has 2 aromatic rings. The minimum absolute atomic E-state index is 0.0337. The molecule has 0 aromatic heterocycles. The van der Waals surface area contributed by atoms with Crippen LogP contribution in [0.4, 0.5) is 14.5 Å². The molecular weight excluding hydrogens is 308 g/mol. The lowest BCUT2D eigenvalue weighted by atomic mass is 10.3. The van der Waals surface area contributed by atoms with E-state index in [0.717, 1.165) is 22.8 Å². The molecule has 0 saturated heterocycles. The number of benzene rings is 2. The topological polar surface area (TPSA) is 38.3 Å². The fraction of sp³-hybridized carbons (Fsp3) is 0.188. The molecule has 2 aromatic carbocycles. The smallest absolute Gasteiger partial charge is 0.237 e. The van der Waals surface area contributed by atoms with E-state index in [2.05, 4.69) is 5.32 Å². The highest BCUT2D eigenvalue weighted by atomic mass is 32.2. The lowest BCUT2D eigenvalue weighted by Crippen LogP contribution is -2.23. The molecule has 0 fully saturated rings. The van der Waals surface area contributed by atoms with Crippen molar-refractivity contribution in [3.8, 4) is 5.75 Å². The van der Waals surface area contributed by atoms with Crippen LogP contribution in [0.5, 0.6) is 5.75 Å². The first kappa shape index (κ1) is 16.3. The number of carbonyl (C=O) groups excluding carboxylic acids is 1. The van der Waals surface area contributed by atoms with Gasteiger partial charge in [-0.05, 0) is 43.3 Å². The second kappa shape index (κ2) is 7.26. The van der Waals surface area contributed by atoms with E-state index in [1.165, 1.54) is 17.8 Å². The van der Waals surface area contributed by atoms with Gasteiger partial charge < -0.3 is 10.1 Å². The van der Waals surface area contributed by atoms with Crippen LogP contribution in [0.2, 0.25) is 0 Å². The Labute approximate surface area is 131 Å². The van der Waals surface area contributed by atoms with Crippen LogP contribution in [0.25, 0.3) is 0 Å². The van der Waals surface area contributed by atoms with Gasteiger partial charge in [-0.3, -0.25) is 4.79 Å². The van der Waals surface area contributed by atoms with Crippen molar-refractivity contribution in [3.05, 3.63) is 54.1 Å². The van der Waals surface area contributed by atoms with Crippen LogP contribution < -0.4 is 10.1 Å². The van der Waals surface area contributed by atoms with E-state index < -0.39 is 16.9 Å². The standard InChI is InChI=1S/C16H15F2NO2S/c1-10(22-13-6-4-12(21-2)5-7-13)16(20)19-15-8-3-11(17)9-14(15)18/h3-10H,1-2H3,(H,19,20)/t10-/m1/s1. The normalized spacial score (nSPS) is 11.8. The number of hydrogen-bond donors (Lipinski definition) is 1. The third-order valence-electron chi connectivity index (χ3n) is 2.93. The number of anilines is 1. The average Bonchev–Trinajstić information content (AvgIpc) is 2.50. The molecule has 1 atom stereocenters. The number of methoxy groups -OCH3 is 1. The Morgan fingerprint density at radius 3 is 2.45 bits per heavy atom. The van der Waals surface area contributed by atoms with Crippen LogP contribution in [0.1, 0.15) is 6.92 Å². The summed E-state index contributed by atoms with van der Waals surface area (Å²) in [6.45, 7) is 1.71. The summed E-state index contributed by atoms with van der Waals surface area (Å²) in [5, 5.41) is 2.02. The maximum Gasteiger partial charge on any atom is 0.237 e. The van der Waals surface area contributed by atoms with Gasteiger partial charge in [0.1, 0.15) is 17.4 Å². The number of thioether (sulfide) groups is 1. The van der Waals surface area contributed by atoms with E-state index >= 15 is 0 Å². The second-order valence-corrected chi connectivity index (χ2v) is 5.96. The molecule has 0 aliphatic heterocycles. The average molecular weight is 323 g/mol. The summed E-state index contributed by atoms with van der Waals surface area (Å²) < 4.78 is 31.4. The number of ether oxygens (including phenoxy) is 1. The quantitative estimate of drug-likeness (QED) is 0.842. The molecule has 0 saturated carbocycles. The van der Waals surface area contributed by atoms with Crippen molar-refractivity contribution in [2.75, 3.05) is 12.4 Å². The summed E-state index contributed by atoms with van der Waals surface area (Å²) >= 11 is 1.34. The maximum atomic E-state index is 13.5. The SMILES string of the molecule is COc1ccc(S[C@H](C)C(=O)Nc2ccc(F)cc2F)cc1. The van der Waals surface area contributed by atoms with Gasteiger partial charge >= 0.3 is 0 Å². The molecular formula is C16H15F2NO2S. The van der Waals surface area contributed by atoms with E-state index in [4.69, 9.17) is 4.74 Å². The molecule has 0 bridgehead atoms. The molecule has 0 aliphatic rings. The fourth-order valence-electron chi connectivity index (χ4n) is 1.74. The maximum absolute atomic E-state index is 13.5. The number of amides is 1. The van der Waals surface area contributed by atoms with Crippen LogP contribution in [-0.4, -0.2) is 18.3 Å². The number of rotatable bonds is 5.